The van der Waals surface area contributed by atoms with Crippen LogP contribution in [-0.2, 0) is 10.5 Å². The minimum absolute atomic E-state index is 0.135. The van der Waals surface area contributed by atoms with E-state index in [-0.39, 0.29) is 17.5 Å². The van der Waals surface area contributed by atoms with Crippen molar-refractivity contribution in [3.63, 3.8) is 0 Å². The molecule has 0 saturated carbocycles. The number of thioether (sulfide) groups is 2. The first-order chi connectivity index (χ1) is 16.0. The van der Waals surface area contributed by atoms with Gasteiger partial charge >= 0.3 is 0 Å². The number of hydrogen-bond donors (Lipinski definition) is 1. The lowest BCUT2D eigenvalue weighted by atomic mass is 10.3. The molecule has 4 rings (SSSR count). The molecule has 2 aromatic carbocycles. The monoisotopic (exact) mass is 480 g/mol. The predicted octanol–water partition coefficient (Wildman–Crippen LogP) is 4.84. The van der Waals surface area contributed by atoms with Gasteiger partial charge in [0.2, 0.25) is 5.91 Å². The van der Waals surface area contributed by atoms with E-state index in [1.54, 1.807) is 0 Å². The lowest BCUT2D eigenvalue weighted by Gasteiger charge is -2.10. The van der Waals surface area contributed by atoms with E-state index in [0.29, 0.717) is 21.8 Å². The molecule has 7 nitrogen and oxygen atoms in total. The van der Waals surface area contributed by atoms with Crippen LogP contribution in [0.25, 0.3) is 5.69 Å². The van der Waals surface area contributed by atoms with Crippen LogP contribution < -0.4 is 5.32 Å². The highest BCUT2D eigenvalue weighted by Crippen LogP contribution is 2.26. The predicted molar refractivity (Wildman–Crippen MR) is 128 cm³/mol. The maximum Gasteiger partial charge on any atom is 0.234 e. The molecule has 0 saturated heterocycles. The van der Waals surface area contributed by atoms with Crippen molar-refractivity contribution in [3.05, 3.63) is 83.7 Å². The van der Waals surface area contributed by atoms with E-state index >= 15 is 0 Å². The quantitative estimate of drug-likeness (QED) is 0.285. The zero-order valence-corrected chi connectivity index (χ0v) is 19.7. The zero-order chi connectivity index (χ0) is 23.2. The molecule has 0 atom stereocenters. The Balaban J connectivity index is 1.49. The SMILES string of the molecule is Cc1cc(C)nc(SCc2nnc(SCC(=O)Nc3ccc(F)cc3)n2-c2ccccc2)n1. The van der Waals surface area contributed by atoms with Gasteiger partial charge in [-0.05, 0) is 56.3 Å². The first-order valence-corrected chi connectivity index (χ1v) is 12.1. The van der Waals surface area contributed by atoms with Crippen molar-refractivity contribution >= 4 is 35.1 Å². The van der Waals surface area contributed by atoms with Gasteiger partial charge in [0.05, 0.1) is 11.5 Å². The van der Waals surface area contributed by atoms with Crippen LogP contribution in [0.5, 0.6) is 0 Å². The molecule has 10 heteroatoms. The van der Waals surface area contributed by atoms with Gasteiger partial charge in [0.1, 0.15) is 11.6 Å². The summed E-state index contributed by atoms with van der Waals surface area (Å²) in [4.78, 5) is 21.3. The second-order valence-electron chi connectivity index (χ2n) is 7.14. The van der Waals surface area contributed by atoms with Gasteiger partial charge in [0.15, 0.2) is 10.3 Å². The van der Waals surface area contributed by atoms with Crippen LogP contribution in [0, 0.1) is 19.7 Å². The third-order valence-corrected chi connectivity index (χ3v) is 6.24. The molecule has 0 fully saturated rings. The number of anilines is 1. The van der Waals surface area contributed by atoms with Crippen LogP contribution in [0.3, 0.4) is 0 Å². The minimum atomic E-state index is -0.352. The van der Waals surface area contributed by atoms with Crippen LogP contribution in [0.1, 0.15) is 17.2 Å². The standard InChI is InChI=1S/C23H21FN6OS2/c1-15-12-16(2)26-22(25-15)32-13-20-28-29-23(30(20)19-6-4-3-5-7-19)33-14-21(31)27-18-10-8-17(24)9-11-18/h3-12H,13-14H2,1-2H3,(H,27,31). The number of halogens is 1. The molecule has 1 amide bonds. The molecular weight excluding hydrogens is 459 g/mol. The molecule has 33 heavy (non-hydrogen) atoms. The number of aryl methyl sites for hydroxylation is 2. The van der Waals surface area contributed by atoms with Crippen molar-refractivity contribution in [3.8, 4) is 5.69 Å². The Morgan fingerprint density at radius 1 is 0.970 bits per heavy atom. The topological polar surface area (TPSA) is 85.6 Å². The minimum Gasteiger partial charge on any atom is -0.325 e. The van der Waals surface area contributed by atoms with Crippen molar-refractivity contribution in [2.24, 2.45) is 0 Å². The van der Waals surface area contributed by atoms with Crippen LogP contribution in [-0.4, -0.2) is 36.4 Å². The summed E-state index contributed by atoms with van der Waals surface area (Å²) >= 11 is 2.77. The van der Waals surface area contributed by atoms with Crippen molar-refractivity contribution in [1.29, 1.82) is 0 Å². The number of nitrogens with zero attached hydrogens (tertiary/aromatic N) is 5. The van der Waals surface area contributed by atoms with Gasteiger partial charge in [0.25, 0.3) is 0 Å². The number of hydrogen-bond acceptors (Lipinski definition) is 7. The van der Waals surface area contributed by atoms with Crippen molar-refractivity contribution in [2.75, 3.05) is 11.1 Å². The molecule has 0 spiro atoms. The summed E-state index contributed by atoms with van der Waals surface area (Å²) in [7, 11) is 0. The largest absolute Gasteiger partial charge is 0.325 e. The molecule has 0 bridgehead atoms. The Morgan fingerprint density at radius 3 is 2.36 bits per heavy atom. The van der Waals surface area contributed by atoms with Crippen LogP contribution in [0.15, 0.2) is 71.0 Å². The van der Waals surface area contributed by atoms with E-state index in [1.807, 2.05) is 54.8 Å². The third-order valence-electron chi connectivity index (χ3n) is 4.47. The molecule has 0 radical (unpaired) electrons. The summed E-state index contributed by atoms with van der Waals surface area (Å²) in [5, 5.41) is 12.7. The maximum absolute atomic E-state index is 13.1. The highest BCUT2D eigenvalue weighted by Gasteiger charge is 2.17. The normalized spacial score (nSPS) is 10.9. The fourth-order valence-corrected chi connectivity index (χ4v) is 4.70. The van der Waals surface area contributed by atoms with Crippen LogP contribution >= 0.6 is 23.5 Å². The summed E-state index contributed by atoms with van der Waals surface area (Å²) < 4.78 is 15.0. The number of benzene rings is 2. The van der Waals surface area contributed by atoms with Crippen LogP contribution in [0.4, 0.5) is 10.1 Å². The smallest absolute Gasteiger partial charge is 0.234 e. The number of rotatable bonds is 8. The highest BCUT2D eigenvalue weighted by molar-refractivity contribution is 7.99. The van der Waals surface area contributed by atoms with E-state index < -0.39 is 0 Å². The van der Waals surface area contributed by atoms with E-state index in [4.69, 9.17) is 0 Å². The van der Waals surface area contributed by atoms with Gasteiger partial charge in [-0.15, -0.1) is 10.2 Å². The van der Waals surface area contributed by atoms with Crippen molar-refractivity contribution in [1.82, 2.24) is 24.7 Å². The first-order valence-electron chi connectivity index (χ1n) is 10.1. The summed E-state index contributed by atoms with van der Waals surface area (Å²) in [5.41, 5.74) is 3.27. The first kappa shape index (κ1) is 22.9. The number of aromatic nitrogens is 5. The van der Waals surface area contributed by atoms with E-state index in [9.17, 15) is 9.18 Å². The average Bonchev–Trinajstić information content (AvgIpc) is 3.21. The molecule has 0 aliphatic carbocycles. The molecule has 168 valence electrons. The Labute approximate surface area is 199 Å². The van der Waals surface area contributed by atoms with Gasteiger partial charge in [0, 0.05) is 22.8 Å². The average molecular weight is 481 g/mol. The molecule has 4 aromatic rings. The zero-order valence-electron chi connectivity index (χ0n) is 18.0. The van der Waals surface area contributed by atoms with Gasteiger partial charge in [-0.2, -0.15) is 0 Å². The summed E-state index contributed by atoms with van der Waals surface area (Å²) in [6, 6.07) is 17.3. The summed E-state index contributed by atoms with van der Waals surface area (Å²) in [6.07, 6.45) is 0. The molecule has 0 unspecified atom stereocenters. The van der Waals surface area contributed by atoms with Gasteiger partial charge in [-0.25, -0.2) is 14.4 Å². The third kappa shape index (κ3) is 6.17. The lowest BCUT2D eigenvalue weighted by Crippen LogP contribution is -2.14. The second-order valence-corrected chi connectivity index (χ2v) is 9.02. The molecule has 2 aromatic heterocycles. The maximum atomic E-state index is 13.1. The fourth-order valence-electron chi connectivity index (χ4n) is 3.07. The molecule has 0 aliphatic heterocycles. The fraction of sp³-hybridized carbons (Fsp3) is 0.174. The molecule has 1 N–H and O–H groups in total. The summed E-state index contributed by atoms with van der Waals surface area (Å²) in [5.74, 6) is 0.821. The molecule has 0 aliphatic rings. The molecular formula is C23H21FN6OS2. The number of carbonyl (C=O) groups is 1. The molecule has 2 heterocycles. The van der Waals surface area contributed by atoms with Crippen molar-refractivity contribution < 1.29 is 9.18 Å². The Bertz CT molecular complexity index is 1230. The Morgan fingerprint density at radius 2 is 1.67 bits per heavy atom. The lowest BCUT2D eigenvalue weighted by molar-refractivity contribution is -0.113. The number of amides is 1. The van der Waals surface area contributed by atoms with E-state index in [1.165, 1.54) is 47.8 Å². The van der Waals surface area contributed by atoms with Gasteiger partial charge in [-0.1, -0.05) is 41.7 Å². The van der Waals surface area contributed by atoms with Crippen molar-refractivity contribution in [2.45, 2.75) is 29.9 Å². The number of para-hydroxylation sites is 1. The Kier molecular flexibility index (Phi) is 7.36. The summed E-state index contributed by atoms with van der Waals surface area (Å²) in [6.45, 7) is 3.88. The van der Waals surface area contributed by atoms with E-state index in [2.05, 4.69) is 25.5 Å². The number of carbonyl (C=O) groups excluding carboxylic acids is 1. The second kappa shape index (κ2) is 10.6. The van der Waals surface area contributed by atoms with Gasteiger partial charge < -0.3 is 5.32 Å². The van der Waals surface area contributed by atoms with E-state index in [0.717, 1.165) is 22.9 Å². The van der Waals surface area contributed by atoms with Gasteiger partial charge in [-0.3, -0.25) is 9.36 Å². The number of nitrogens with one attached hydrogen (secondary N) is 1. The van der Waals surface area contributed by atoms with Crippen LogP contribution in [0.2, 0.25) is 0 Å². The highest BCUT2D eigenvalue weighted by atomic mass is 32.2. The Hall–Kier alpha value is -3.24.